The van der Waals surface area contributed by atoms with Crippen molar-refractivity contribution < 1.29 is 33.3 Å². The van der Waals surface area contributed by atoms with Gasteiger partial charge in [0.25, 0.3) is 0 Å². The van der Waals surface area contributed by atoms with Crippen LogP contribution in [0.3, 0.4) is 0 Å². The maximum atomic E-state index is 14.3. The number of hydrogen-bond acceptors (Lipinski definition) is 4. The molecule has 1 aromatic heterocycles. The van der Waals surface area contributed by atoms with Crippen molar-refractivity contribution in [2.45, 2.75) is 5.41 Å². The Kier molecular flexibility index (Phi) is 5.34. The summed E-state index contributed by atoms with van der Waals surface area (Å²) in [4.78, 5) is 11.4. The molecular formula is C26H21F2NO5. The summed E-state index contributed by atoms with van der Waals surface area (Å²) in [6.07, 6.45) is 0. The fourth-order valence-electron chi connectivity index (χ4n) is 4.69. The monoisotopic (exact) mass is 465 g/mol. The normalized spacial score (nSPS) is 14.8. The minimum absolute atomic E-state index is 0.00482. The zero-order valence-corrected chi connectivity index (χ0v) is 18.2. The molecule has 1 fully saturated rings. The van der Waals surface area contributed by atoms with Crippen LogP contribution < -0.4 is 0 Å². The van der Waals surface area contributed by atoms with Crippen molar-refractivity contribution in [2.24, 2.45) is 0 Å². The lowest BCUT2D eigenvalue weighted by molar-refractivity contribution is -0.0938. The van der Waals surface area contributed by atoms with Gasteiger partial charge in [0.15, 0.2) is 11.6 Å². The Morgan fingerprint density at radius 3 is 2.41 bits per heavy atom. The average Bonchev–Trinajstić information content (AvgIpc) is 3.14. The van der Waals surface area contributed by atoms with E-state index in [0.29, 0.717) is 46.6 Å². The van der Waals surface area contributed by atoms with Gasteiger partial charge in [-0.1, -0.05) is 18.2 Å². The maximum absolute atomic E-state index is 14.3. The molecule has 0 unspecified atom stereocenters. The third-order valence-electron chi connectivity index (χ3n) is 6.23. The van der Waals surface area contributed by atoms with Gasteiger partial charge in [-0.25, -0.2) is 13.6 Å². The number of phenols is 1. The number of benzene rings is 3. The highest BCUT2D eigenvalue weighted by Gasteiger charge is 2.46. The van der Waals surface area contributed by atoms with Crippen LogP contribution in [0.1, 0.15) is 16.1 Å². The number of aromatic nitrogens is 1. The molecule has 1 saturated heterocycles. The van der Waals surface area contributed by atoms with Gasteiger partial charge in [-0.3, -0.25) is 0 Å². The Morgan fingerprint density at radius 2 is 1.82 bits per heavy atom. The molecule has 0 atom stereocenters. The SMILES string of the molecule is COCC1(c2c(-c3ccc(C(=O)O)cc3)c3c(O)cccc3n2-c2ccc(F)c(F)c2)COC1. The lowest BCUT2D eigenvalue weighted by Gasteiger charge is -2.42. The Labute approximate surface area is 193 Å². The number of aromatic carboxylic acids is 1. The Morgan fingerprint density at radius 1 is 1.09 bits per heavy atom. The minimum atomic E-state index is -1.05. The van der Waals surface area contributed by atoms with Crippen molar-refractivity contribution in [3.05, 3.63) is 83.6 Å². The van der Waals surface area contributed by atoms with Crippen molar-refractivity contribution in [3.63, 3.8) is 0 Å². The number of carboxylic acids is 1. The van der Waals surface area contributed by atoms with Crippen LogP contribution in [0.2, 0.25) is 0 Å². The lowest BCUT2D eigenvalue weighted by atomic mass is 9.79. The number of hydrogen-bond donors (Lipinski definition) is 2. The highest BCUT2D eigenvalue weighted by atomic mass is 19.2. The second-order valence-corrected chi connectivity index (χ2v) is 8.42. The smallest absolute Gasteiger partial charge is 0.335 e. The number of ether oxygens (including phenoxy) is 2. The van der Waals surface area contributed by atoms with Gasteiger partial charge in [0.2, 0.25) is 0 Å². The predicted octanol–water partition coefficient (Wildman–Crippen LogP) is 4.89. The van der Waals surface area contributed by atoms with Gasteiger partial charge in [0, 0.05) is 35.5 Å². The molecular weight excluding hydrogens is 444 g/mol. The van der Waals surface area contributed by atoms with E-state index in [9.17, 15) is 23.8 Å². The molecule has 0 bridgehead atoms. The molecule has 0 saturated carbocycles. The van der Waals surface area contributed by atoms with Gasteiger partial charge < -0.3 is 24.3 Å². The molecule has 2 heterocycles. The first-order valence-electron chi connectivity index (χ1n) is 10.6. The van der Waals surface area contributed by atoms with Crippen LogP contribution in [-0.4, -0.2) is 47.7 Å². The number of aromatic hydroxyl groups is 1. The first kappa shape index (κ1) is 22.1. The highest BCUT2D eigenvalue weighted by molar-refractivity contribution is 6.04. The van der Waals surface area contributed by atoms with Crippen molar-refractivity contribution in [2.75, 3.05) is 26.9 Å². The van der Waals surface area contributed by atoms with Crippen molar-refractivity contribution >= 4 is 16.9 Å². The molecule has 3 aromatic carbocycles. The molecule has 1 aliphatic rings. The average molecular weight is 465 g/mol. The third kappa shape index (κ3) is 3.34. The second-order valence-electron chi connectivity index (χ2n) is 8.42. The molecule has 0 aliphatic carbocycles. The van der Waals surface area contributed by atoms with Gasteiger partial charge in [0.1, 0.15) is 5.75 Å². The zero-order valence-electron chi connectivity index (χ0n) is 18.2. The van der Waals surface area contributed by atoms with Crippen LogP contribution in [0.4, 0.5) is 8.78 Å². The Balaban J connectivity index is 1.91. The topological polar surface area (TPSA) is 80.9 Å². The summed E-state index contributed by atoms with van der Waals surface area (Å²) in [6, 6.07) is 15.0. The maximum Gasteiger partial charge on any atom is 0.335 e. The first-order chi connectivity index (χ1) is 16.4. The van der Waals surface area contributed by atoms with Crippen LogP contribution in [0.15, 0.2) is 60.7 Å². The van der Waals surface area contributed by atoms with E-state index in [4.69, 9.17) is 9.47 Å². The molecule has 4 aromatic rings. The molecule has 1 aliphatic heterocycles. The number of fused-ring (bicyclic) bond motifs is 1. The van der Waals surface area contributed by atoms with Crippen LogP contribution in [0, 0.1) is 11.6 Å². The van der Waals surface area contributed by atoms with E-state index in [0.717, 1.165) is 12.1 Å². The molecule has 2 N–H and O–H groups in total. The molecule has 0 radical (unpaired) electrons. The molecule has 6 nitrogen and oxygen atoms in total. The van der Waals surface area contributed by atoms with Gasteiger partial charge in [0.05, 0.1) is 36.3 Å². The molecule has 0 amide bonds. The van der Waals surface area contributed by atoms with Crippen LogP contribution in [0.5, 0.6) is 5.75 Å². The summed E-state index contributed by atoms with van der Waals surface area (Å²) in [5, 5.41) is 20.8. The van der Waals surface area contributed by atoms with Crippen LogP contribution in [0.25, 0.3) is 27.7 Å². The summed E-state index contributed by atoms with van der Waals surface area (Å²) in [5.74, 6) is -3.01. The predicted molar refractivity (Wildman–Crippen MR) is 122 cm³/mol. The first-order valence-corrected chi connectivity index (χ1v) is 10.6. The largest absolute Gasteiger partial charge is 0.507 e. The number of rotatable bonds is 6. The number of methoxy groups -OCH3 is 1. The Hall–Kier alpha value is -3.75. The van der Waals surface area contributed by atoms with E-state index in [1.54, 1.807) is 42.0 Å². The number of carbonyl (C=O) groups is 1. The van der Waals surface area contributed by atoms with Crippen molar-refractivity contribution in [3.8, 4) is 22.6 Å². The van der Waals surface area contributed by atoms with Crippen molar-refractivity contribution in [1.29, 1.82) is 0 Å². The molecule has 174 valence electrons. The second kappa shape index (κ2) is 8.23. The highest BCUT2D eigenvalue weighted by Crippen LogP contribution is 2.48. The Bertz CT molecular complexity index is 1410. The molecule has 5 rings (SSSR count). The van der Waals surface area contributed by atoms with E-state index >= 15 is 0 Å². The number of carboxylic acid groups (broad SMARTS) is 1. The van der Waals surface area contributed by atoms with Gasteiger partial charge in [-0.2, -0.15) is 0 Å². The summed E-state index contributed by atoms with van der Waals surface area (Å²) in [7, 11) is 1.57. The minimum Gasteiger partial charge on any atom is -0.507 e. The number of nitrogens with zero attached hydrogens (tertiary/aromatic N) is 1. The fourth-order valence-corrected chi connectivity index (χ4v) is 4.69. The summed E-state index contributed by atoms with van der Waals surface area (Å²) < 4.78 is 41.0. The zero-order chi connectivity index (χ0) is 24.0. The number of halogens is 2. The van der Waals surface area contributed by atoms with Gasteiger partial charge in [-0.05, 0) is 42.0 Å². The molecule has 0 spiro atoms. The number of phenolic OH excluding ortho intramolecular Hbond substituents is 1. The third-order valence-corrected chi connectivity index (χ3v) is 6.23. The summed E-state index contributed by atoms with van der Waals surface area (Å²) >= 11 is 0. The van der Waals surface area contributed by atoms with Crippen LogP contribution in [-0.2, 0) is 14.9 Å². The van der Waals surface area contributed by atoms with Crippen molar-refractivity contribution in [1.82, 2.24) is 4.57 Å². The van der Waals surface area contributed by atoms with E-state index in [1.807, 2.05) is 0 Å². The van der Waals surface area contributed by atoms with E-state index in [2.05, 4.69) is 0 Å². The van der Waals surface area contributed by atoms with E-state index < -0.39 is 23.0 Å². The van der Waals surface area contributed by atoms with Crippen LogP contribution >= 0.6 is 0 Å². The van der Waals surface area contributed by atoms with E-state index in [-0.39, 0.29) is 17.9 Å². The summed E-state index contributed by atoms with van der Waals surface area (Å²) in [6.45, 7) is 0.928. The summed E-state index contributed by atoms with van der Waals surface area (Å²) in [5.41, 5.74) is 2.46. The van der Waals surface area contributed by atoms with Gasteiger partial charge >= 0.3 is 5.97 Å². The molecule has 34 heavy (non-hydrogen) atoms. The van der Waals surface area contributed by atoms with E-state index in [1.165, 1.54) is 18.2 Å². The molecule has 8 heteroatoms. The fraction of sp³-hybridized carbons (Fsp3) is 0.192. The van der Waals surface area contributed by atoms with Gasteiger partial charge in [-0.15, -0.1) is 0 Å². The lowest BCUT2D eigenvalue weighted by Crippen LogP contribution is -2.51. The standard InChI is InChI=1S/C26H21F2NO5/c1-33-12-26(13-34-14-26)24-22(15-5-7-16(8-6-15)25(31)32)23-20(3-2-4-21(23)30)29(24)17-9-10-18(27)19(28)11-17/h2-11,30H,12-14H2,1H3,(H,31,32). The quantitative estimate of drug-likeness (QED) is 0.424.